The van der Waals surface area contributed by atoms with Gasteiger partial charge in [0.05, 0.1) is 16.9 Å². The summed E-state index contributed by atoms with van der Waals surface area (Å²) in [6, 6.07) is 2.70. The largest absolute Gasteiger partial charge is 0.496 e. The van der Waals surface area contributed by atoms with E-state index in [0.29, 0.717) is 6.04 Å². The summed E-state index contributed by atoms with van der Waals surface area (Å²) in [5, 5.41) is 3.45. The highest BCUT2D eigenvalue weighted by atomic mass is 16.7. The van der Waals surface area contributed by atoms with Crippen molar-refractivity contribution in [2.24, 2.45) is 0 Å². The van der Waals surface area contributed by atoms with Crippen LogP contribution in [0.4, 0.5) is 5.69 Å². The molecule has 0 bridgehead atoms. The van der Waals surface area contributed by atoms with E-state index >= 15 is 0 Å². The van der Waals surface area contributed by atoms with Crippen molar-refractivity contribution in [2.75, 3.05) is 5.32 Å². The van der Waals surface area contributed by atoms with Crippen LogP contribution in [-0.2, 0) is 9.31 Å². The Labute approximate surface area is 115 Å². The first-order valence-corrected chi connectivity index (χ1v) is 6.94. The molecule has 3 rings (SSSR count). The van der Waals surface area contributed by atoms with E-state index in [4.69, 9.17) is 9.31 Å². The number of hydrogen-bond acceptors (Lipinski definition) is 4. The van der Waals surface area contributed by atoms with Crippen LogP contribution >= 0.6 is 0 Å². The number of pyridine rings is 1. The van der Waals surface area contributed by atoms with Crippen molar-refractivity contribution in [2.45, 2.75) is 57.8 Å². The topological polar surface area (TPSA) is 43.4 Å². The lowest BCUT2D eigenvalue weighted by Gasteiger charge is -2.32. The van der Waals surface area contributed by atoms with Crippen LogP contribution in [0.3, 0.4) is 0 Å². The molecule has 0 radical (unpaired) electrons. The molecule has 0 atom stereocenters. The minimum Gasteiger partial charge on any atom is -0.399 e. The van der Waals surface area contributed by atoms with Crippen molar-refractivity contribution in [3.05, 3.63) is 18.5 Å². The van der Waals surface area contributed by atoms with Crippen LogP contribution in [0, 0.1) is 0 Å². The molecule has 1 saturated carbocycles. The van der Waals surface area contributed by atoms with Crippen LogP contribution in [0.1, 0.15) is 40.5 Å². The molecular formula is C14H21BN2O2. The second-order valence-electron chi connectivity index (χ2n) is 6.51. The lowest BCUT2D eigenvalue weighted by molar-refractivity contribution is 0.00578. The first-order valence-electron chi connectivity index (χ1n) is 6.94. The molecule has 5 heteroatoms. The summed E-state index contributed by atoms with van der Waals surface area (Å²) < 4.78 is 12.1. The third-order valence-corrected chi connectivity index (χ3v) is 4.23. The molecule has 2 aliphatic rings. The van der Waals surface area contributed by atoms with Gasteiger partial charge in [0, 0.05) is 23.9 Å². The molecule has 1 aromatic heterocycles. The third kappa shape index (κ3) is 2.49. The molecular weight excluding hydrogens is 239 g/mol. The Bertz CT molecular complexity index is 470. The van der Waals surface area contributed by atoms with Crippen LogP contribution in [-0.4, -0.2) is 29.3 Å². The van der Waals surface area contributed by atoms with Crippen LogP contribution < -0.4 is 10.8 Å². The quantitative estimate of drug-likeness (QED) is 0.843. The predicted molar refractivity (Wildman–Crippen MR) is 76.6 cm³/mol. The Morgan fingerprint density at radius 3 is 2.37 bits per heavy atom. The van der Waals surface area contributed by atoms with E-state index in [2.05, 4.69) is 44.1 Å². The first kappa shape index (κ1) is 12.9. The fourth-order valence-electron chi connectivity index (χ4n) is 2.11. The molecule has 4 nitrogen and oxygen atoms in total. The Hall–Kier alpha value is -1.07. The van der Waals surface area contributed by atoms with Gasteiger partial charge < -0.3 is 14.6 Å². The summed E-state index contributed by atoms with van der Waals surface area (Å²) in [5.74, 6) is 0. The normalized spacial score (nSPS) is 24.5. The second kappa shape index (κ2) is 4.22. The molecule has 19 heavy (non-hydrogen) atoms. The van der Waals surface area contributed by atoms with E-state index in [1.165, 1.54) is 12.8 Å². The highest BCUT2D eigenvalue weighted by molar-refractivity contribution is 6.62. The van der Waals surface area contributed by atoms with Gasteiger partial charge in [0.25, 0.3) is 0 Å². The molecule has 102 valence electrons. The molecule has 2 heterocycles. The summed E-state index contributed by atoms with van der Waals surface area (Å²) in [7, 11) is -0.335. The zero-order valence-corrected chi connectivity index (χ0v) is 12.1. The zero-order chi connectivity index (χ0) is 13.7. The van der Waals surface area contributed by atoms with Gasteiger partial charge in [-0.3, -0.25) is 4.98 Å². The molecule has 2 fully saturated rings. The standard InChI is InChI=1S/C14H21BN2O2/c1-13(2)14(3,4)19-15(18-13)10-7-12(9-16-8-10)17-11-5-6-11/h7-9,11,17H,5-6H2,1-4H3. The zero-order valence-electron chi connectivity index (χ0n) is 12.1. The smallest absolute Gasteiger partial charge is 0.399 e. The first-order chi connectivity index (χ1) is 8.87. The highest BCUT2D eigenvalue weighted by Gasteiger charge is 2.51. The molecule has 0 spiro atoms. The Kier molecular flexibility index (Phi) is 2.87. The van der Waals surface area contributed by atoms with Gasteiger partial charge in [-0.25, -0.2) is 0 Å². The van der Waals surface area contributed by atoms with E-state index in [1.807, 2.05) is 12.4 Å². The van der Waals surface area contributed by atoms with Gasteiger partial charge in [-0.1, -0.05) is 0 Å². The second-order valence-corrected chi connectivity index (χ2v) is 6.51. The Morgan fingerprint density at radius 1 is 1.16 bits per heavy atom. The lowest BCUT2D eigenvalue weighted by atomic mass is 9.80. The van der Waals surface area contributed by atoms with E-state index in [-0.39, 0.29) is 18.3 Å². The maximum Gasteiger partial charge on any atom is 0.496 e. The molecule has 0 aromatic carbocycles. The van der Waals surface area contributed by atoms with E-state index in [1.54, 1.807) is 0 Å². The van der Waals surface area contributed by atoms with Crippen molar-refractivity contribution in [3.8, 4) is 0 Å². The van der Waals surface area contributed by atoms with Gasteiger partial charge in [0.15, 0.2) is 0 Å². The van der Waals surface area contributed by atoms with E-state index in [9.17, 15) is 0 Å². The number of nitrogens with zero attached hydrogens (tertiary/aromatic N) is 1. The number of anilines is 1. The van der Waals surface area contributed by atoms with Gasteiger partial charge >= 0.3 is 7.12 Å². The van der Waals surface area contributed by atoms with Gasteiger partial charge in [0.2, 0.25) is 0 Å². The Morgan fingerprint density at radius 2 is 1.79 bits per heavy atom. The van der Waals surface area contributed by atoms with Crippen LogP contribution in [0.25, 0.3) is 0 Å². The number of nitrogens with one attached hydrogen (secondary N) is 1. The average molecular weight is 260 g/mol. The molecule has 1 aliphatic carbocycles. The van der Waals surface area contributed by atoms with Crippen LogP contribution in [0.5, 0.6) is 0 Å². The monoisotopic (exact) mass is 260 g/mol. The predicted octanol–water partition coefficient (Wildman–Crippen LogP) is 1.96. The minimum atomic E-state index is -0.335. The van der Waals surface area contributed by atoms with Gasteiger partial charge in [0.1, 0.15) is 0 Å². The molecule has 1 saturated heterocycles. The van der Waals surface area contributed by atoms with Crippen LogP contribution in [0.15, 0.2) is 18.5 Å². The van der Waals surface area contributed by atoms with E-state index in [0.717, 1.165) is 11.2 Å². The van der Waals surface area contributed by atoms with Gasteiger partial charge in [-0.05, 0) is 46.6 Å². The molecule has 0 unspecified atom stereocenters. The summed E-state index contributed by atoms with van der Waals surface area (Å²) in [6.07, 6.45) is 6.18. The number of hydrogen-bond donors (Lipinski definition) is 1. The molecule has 0 amide bonds. The SMILES string of the molecule is CC1(C)OB(c2cncc(NC3CC3)c2)OC1(C)C. The molecule has 1 aliphatic heterocycles. The summed E-state index contributed by atoms with van der Waals surface area (Å²) in [4.78, 5) is 4.28. The maximum absolute atomic E-state index is 6.04. The average Bonchev–Trinajstić information content (AvgIpc) is 3.07. The van der Waals surface area contributed by atoms with Crippen molar-refractivity contribution < 1.29 is 9.31 Å². The van der Waals surface area contributed by atoms with E-state index < -0.39 is 0 Å². The molecule has 1 N–H and O–H groups in total. The van der Waals surface area contributed by atoms with Crippen molar-refractivity contribution in [3.63, 3.8) is 0 Å². The highest BCUT2D eigenvalue weighted by Crippen LogP contribution is 2.36. The summed E-state index contributed by atoms with van der Waals surface area (Å²) in [5.41, 5.74) is 1.41. The summed E-state index contributed by atoms with van der Waals surface area (Å²) >= 11 is 0. The van der Waals surface area contributed by atoms with Gasteiger partial charge in [-0.15, -0.1) is 0 Å². The fourth-order valence-corrected chi connectivity index (χ4v) is 2.11. The van der Waals surface area contributed by atoms with Gasteiger partial charge in [-0.2, -0.15) is 0 Å². The van der Waals surface area contributed by atoms with Crippen molar-refractivity contribution in [1.29, 1.82) is 0 Å². The maximum atomic E-state index is 6.04. The number of rotatable bonds is 3. The lowest BCUT2D eigenvalue weighted by Crippen LogP contribution is -2.41. The van der Waals surface area contributed by atoms with Crippen molar-refractivity contribution in [1.82, 2.24) is 4.98 Å². The molecule has 1 aromatic rings. The Balaban J connectivity index is 1.79. The minimum absolute atomic E-state index is 0.308. The third-order valence-electron chi connectivity index (χ3n) is 4.23. The fraction of sp³-hybridized carbons (Fsp3) is 0.643. The summed E-state index contributed by atoms with van der Waals surface area (Å²) in [6.45, 7) is 8.25. The number of aromatic nitrogens is 1. The van der Waals surface area contributed by atoms with Crippen LogP contribution in [0.2, 0.25) is 0 Å². The van der Waals surface area contributed by atoms with Crippen molar-refractivity contribution >= 4 is 18.3 Å².